The maximum Gasteiger partial charge on any atom is 0.411 e. The quantitative estimate of drug-likeness (QED) is 0.814. The number of carbonyl (C=O) groups excluding carboxylic acids is 1. The highest BCUT2D eigenvalue weighted by atomic mass is 32.2. The van der Waals surface area contributed by atoms with E-state index in [-0.39, 0.29) is 6.54 Å². The summed E-state index contributed by atoms with van der Waals surface area (Å²) < 4.78 is 19.4. The number of hydrogen-bond acceptors (Lipinski definition) is 6. The highest BCUT2D eigenvalue weighted by Crippen LogP contribution is 2.39. The van der Waals surface area contributed by atoms with Gasteiger partial charge in [-0.3, -0.25) is 19.2 Å². The first kappa shape index (κ1) is 18.2. The van der Waals surface area contributed by atoms with Crippen LogP contribution in [0.3, 0.4) is 0 Å². The number of thioether (sulfide) groups is 1. The Morgan fingerprint density at radius 3 is 2.69 bits per heavy atom. The summed E-state index contributed by atoms with van der Waals surface area (Å²) in [4.78, 5) is 39.4. The molecule has 1 fully saturated rings. The predicted octanol–water partition coefficient (Wildman–Crippen LogP) is 0.778. The number of halogens is 1. The van der Waals surface area contributed by atoms with E-state index in [1.165, 1.54) is 18.9 Å². The number of benzene rings is 1. The molecule has 26 heavy (non-hydrogen) atoms. The third kappa shape index (κ3) is 3.37. The molecule has 1 saturated heterocycles. The minimum absolute atomic E-state index is 0.102. The van der Waals surface area contributed by atoms with E-state index < -0.39 is 40.7 Å². The number of aromatic amines is 1. The van der Waals surface area contributed by atoms with E-state index >= 15 is 0 Å². The Morgan fingerprint density at radius 1 is 1.35 bits per heavy atom. The molecule has 0 aliphatic carbocycles. The molecule has 2 N–H and O–H groups in total. The first-order chi connectivity index (χ1) is 12.4. The van der Waals surface area contributed by atoms with E-state index in [1.54, 1.807) is 0 Å². The fraction of sp³-hybridized carbons (Fsp3) is 0.312. The van der Waals surface area contributed by atoms with Crippen LogP contribution in [0.15, 0.2) is 51.0 Å². The normalized spacial score (nSPS) is 22.4. The Labute approximate surface area is 151 Å². The lowest BCUT2D eigenvalue weighted by Crippen LogP contribution is -2.43. The number of aromatic nitrogens is 2. The van der Waals surface area contributed by atoms with Crippen LogP contribution in [-0.2, 0) is 4.74 Å². The number of H-pyrrole nitrogens is 1. The Balaban J connectivity index is 2.07. The average molecular weight is 381 g/mol. The summed E-state index contributed by atoms with van der Waals surface area (Å²) in [5, 5.41) is 9.78. The Morgan fingerprint density at radius 2 is 2.04 bits per heavy atom. The first-order valence-electron chi connectivity index (χ1n) is 7.67. The van der Waals surface area contributed by atoms with Gasteiger partial charge < -0.3 is 9.84 Å². The molecule has 1 amide bonds. The zero-order valence-corrected chi connectivity index (χ0v) is 14.5. The molecule has 3 atom stereocenters. The van der Waals surface area contributed by atoms with Crippen LogP contribution in [0.1, 0.15) is 6.17 Å². The number of ether oxygens (including phenoxy) is 1. The lowest BCUT2D eigenvalue weighted by Gasteiger charge is -2.28. The number of rotatable bonds is 3. The van der Waals surface area contributed by atoms with E-state index in [2.05, 4.69) is 0 Å². The maximum absolute atomic E-state index is 13.8. The molecule has 1 aliphatic heterocycles. The SMILES string of the molecule is COC(=O)N1C[C@H](O)[C@@H](Sc2ccccc2)[C@@H]1n1cc(F)c(=O)[nH]c1=O. The van der Waals surface area contributed by atoms with E-state index in [0.29, 0.717) is 0 Å². The first-order valence-corrected chi connectivity index (χ1v) is 8.55. The largest absolute Gasteiger partial charge is 0.453 e. The van der Waals surface area contributed by atoms with Gasteiger partial charge in [0, 0.05) is 4.90 Å². The number of hydrogen-bond donors (Lipinski definition) is 2. The van der Waals surface area contributed by atoms with Gasteiger partial charge in [-0.2, -0.15) is 4.39 Å². The minimum atomic E-state index is -1.17. The fourth-order valence-corrected chi connectivity index (χ4v) is 4.12. The third-order valence-corrected chi connectivity index (χ3v) is 5.38. The van der Waals surface area contributed by atoms with Crippen LogP contribution in [-0.4, -0.2) is 50.7 Å². The van der Waals surface area contributed by atoms with E-state index in [4.69, 9.17) is 4.74 Å². The molecular formula is C16H16FN3O5S. The van der Waals surface area contributed by atoms with Gasteiger partial charge in [-0.25, -0.2) is 9.59 Å². The van der Waals surface area contributed by atoms with Crippen molar-refractivity contribution < 1.29 is 19.0 Å². The number of methoxy groups -OCH3 is 1. The summed E-state index contributed by atoms with van der Waals surface area (Å²) in [6.45, 7) is -0.102. The molecule has 0 bridgehead atoms. The van der Waals surface area contributed by atoms with Crippen molar-refractivity contribution in [2.24, 2.45) is 0 Å². The molecule has 1 aromatic heterocycles. The van der Waals surface area contributed by atoms with E-state index in [1.807, 2.05) is 35.3 Å². The standard InChI is InChI=1S/C16H16FN3O5S/c1-25-16(24)20-8-11(21)12(26-9-5-3-2-4-6-9)14(20)19-7-10(17)13(22)18-15(19)23/h2-7,11-12,14,21H,8H2,1H3,(H,18,22,23)/t11-,12+,14+/m0/s1. The zero-order chi connectivity index (χ0) is 18.8. The molecule has 0 radical (unpaired) electrons. The molecule has 2 heterocycles. The van der Waals surface area contributed by atoms with Gasteiger partial charge in [0.25, 0.3) is 5.56 Å². The van der Waals surface area contributed by atoms with Gasteiger partial charge in [0.05, 0.1) is 31.2 Å². The summed E-state index contributed by atoms with van der Waals surface area (Å²) in [6, 6.07) is 9.07. The van der Waals surface area contributed by atoms with Gasteiger partial charge in [-0.05, 0) is 12.1 Å². The number of aliphatic hydroxyl groups is 1. The number of nitrogens with one attached hydrogen (secondary N) is 1. The molecule has 138 valence electrons. The number of nitrogens with zero attached hydrogens (tertiary/aromatic N) is 2. The summed E-state index contributed by atoms with van der Waals surface area (Å²) >= 11 is 1.24. The molecular weight excluding hydrogens is 365 g/mol. The van der Waals surface area contributed by atoms with Gasteiger partial charge in [0.1, 0.15) is 6.17 Å². The van der Waals surface area contributed by atoms with Crippen molar-refractivity contribution in [2.45, 2.75) is 22.4 Å². The number of carbonyl (C=O) groups is 1. The second kappa shape index (κ2) is 7.34. The zero-order valence-electron chi connectivity index (χ0n) is 13.7. The molecule has 2 aromatic rings. The summed E-state index contributed by atoms with van der Waals surface area (Å²) in [7, 11) is 1.17. The van der Waals surface area contributed by atoms with Crippen LogP contribution in [0, 0.1) is 5.82 Å². The van der Waals surface area contributed by atoms with Crippen LogP contribution in [0.25, 0.3) is 0 Å². The molecule has 0 saturated carbocycles. The van der Waals surface area contributed by atoms with Crippen LogP contribution in [0.2, 0.25) is 0 Å². The van der Waals surface area contributed by atoms with Gasteiger partial charge in [0.2, 0.25) is 5.82 Å². The molecule has 1 aromatic carbocycles. The van der Waals surface area contributed by atoms with Crippen molar-refractivity contribution in [2.75, 3.05) is 13.7 Å². The number of aliphatic hydroxyl groups excluding tert-OH is 1. The Kier molecular flexibility index (Phi) is 5.14. The number of likely N-dealkylation sites (tertiary alicyclic amines) is 1. The van der Waals surface area contributed by atoms with E-state index in [0.717, 1.165) is 20.6 Å². The highest BCUT2D eigenvalue weighted by Gasteiger charge is 2.46. The lowest BCUT2D eigenvalue weighted by atomic mass is 10.2. The highest BCUT2D eigenvalue weighted by molar-refractivity contribution is 8.00. The van der Waals surface area contributed by atoms with Gasteiger partial charge in [-0.15, -0.1) is 11.8 Å². The second-order valence-electron chi connectivity index (χ2n) is 5.64. The van der Waals surface area contributed by atoms with Crippen molar-refractivity contribution >= 4 is 17.9 Å². The van der Waals surface area contributed by atoms with Crippen molar-refractivity contribution in [3.05, 3.63) is 63.2 Å². The fourth-order valence-electron chi connectivity index (χ4n) is 2.85. The topological polar surface area (TPSA) is 105 Å². The maximum atomic E-state index is 13.8. The van der Waals surface area contributed by atoms with Gasteiger partial charge in [0.15, 0.2) is 0 Å². The average Bonchev–Trinajstić information content (AvgIpc) is 2.95. The van der Waals surface area contributed by atoms with Crippen molar-refractivity contribution in [3.8, 4) is 0 Å². The second-order valence-corrected chi connectivity index (χ2v) is 6.89. The third-order valence-electron chi connectivity index (χ3n) is 4.01. The van der Waals surface area contributed by atoms with Crippen molar-refractivity contribution in [1.29, 1.82) is 0 Å². The van der Waals surface area contributed by atoms with Crippen LogP contribution in [0.4, 0.5) is 9.18 Å². The minimum Gasteiger partial charge on any atom is -0.453 e. The van der Waals surface area contributed by atoms with Crippen LogP contribution < -0.4 is 11.2 Å². The number of β-amino-alcohol motifs (C(OH)–C–C–N with tert-alkyl or cyclic N) is 1. The van der Waals surface area contributed by atoms with Crippen molar-refractivity contribution in [3.63, 3.8) is 0 Å². The van der Waals surface area contributed by atoms with Gasteiger partial charge in [-0.1, -0.05) is 18.2 Å². The molecule has 10 heteroatoms. The molecule has 3 rings (SSSR count). The smallest absolute Gasteiger partial charge is 0.411 e. The Bertz CT molecular complexity index is 916. The molecule has 1 aliphatic rings. The summed E-state index contributed by atoms with van der Waals surface area (Å²) in [5.41, 5.74) is -2.04. The Hall–Kier alpha value is -2.59. The van der Waals surface area contributed by atoms with Crippen LogP contribution in [0.5, 0.6) is 0 Å². The monoisotopic (exact) mass is 381 g/mol. The van der Waals surface area contributed by atoms with Crippen LogP contribution >= 0.6 is 11.8 Å². The molecule has 0 spiro atoms. The van der Waals surface area contributed by atoms with Crippen molar-refractivity contribution in [1.82, 2.24) is 14.5 Å². The number of amides is 1. The summed E-state index contributed by atoms with van der Waals surface area (Å²) in [6.07, 6.45) is -2.07. The lowest BCUT2D eigenvalue weighted by molar-refractivity contribution is 0.0999. The molecule has 0 unspecified atom stereocenters. The predicted molar refractivity (Wildman–Crippen MR) is 91.5 cm³/mol. The van der Waals surface area contributed by atoms with E-state index in [9.17, 15) is 23.9 Å². The molecule has 8 nitrogen and oxygen atoms in total. The van der Waals surface area contributed by atoms with Gasteiger partial charge >= 0.3 is 11.8 Å². The summed E-state index contributed by atoms with van der Waals surface area (Å²) in [5.74, 6) is -1.17.